The van der Waals surface area contributed by atoms with Gasteiger partial charge in [0.1, 0.15) is 6.29 Å². The molecule has 0 fully saturated rings. The summed E-state index contributed by atoms with van der Waals surface area (Å²) in [5.41, 5.74) is 8.45. The molecule has 0 radical (unpaired) electrons. The van der Waals surface area contributed by atoms with Crippen LogP contribution in [0, 0.1) is 5.92 Å². The van der Waals surface area contributed by atoms with E-state index in [1.54, 1.807) is 0 Å². The maximum atomic E-state index is 10.7. The largest absolute Gasteiger partial charge is 0.327 e. The second kappa shape index (κ2) is 3.30. The summed E-state index contributed by atoms with van der Waals surface area (Å²) in [7, 11) is 0. The lowest BCUT2D eigenvalue weighted by molar-refractivity contribution is -0.111. The van der Waals surface area contributed by atoms with Crippen LogP contribution in [0.15, 0.2) is 24.3 Å². The van der Waals surface area contributed by atoms with E-state index in [1.165, 1.54) is 11.1 Å². The van der Waals surface area contributed by atoms with E-state index in [0.717, 1.165) is 19.1 Å². The number of nitrogens with two attached hydrogens (primary N) is 1. The highest BCUT2D eigenvalue weighted by Gasteiger charge is 2.24. The van der Waals surface area contributed by atoms with Gasteiger partial charge in [0.25, 0.3) is 0 Å². The molecule has 2 nitrogen and oxygen atoms in total. The van der Waals surface area contributed by atoms with Gasteiger partial charge in [0.2, 0.25) is 0 Å². The normalized spacial score (nSPS) is 26.5. The van der Waals surface area contributed by atoms with E-state index in [0.29, 0.717) is 0 Å². The molecule has 2 atom stereocenters. The summed E-state index contributed by atoms with van der Waals surface area (Å²) < 4.78 is 0. The van der Waals surface area contributed by atoms with Gasteiger partial charge in [-0.2, -0.15) is 0 Å². The van der Waals surface area contributed by atoms with Crippen LogP contribution in [-0.2, 0) is 17.6 Å². The number of benzene rings is 1. The first kappa shape index (κ1) is 8.45. The molecule has 0 saturated heterocycles. The van der Waals surface area contributed by atoms with Crippen LogP contribution < -0.4 is 5.73 Å². The Morgan fingerprint density at radius 1 is 1.23 bits per heavy atom. The van der Waals surface area contributed by atoms with Crippen molar-refractivity contribution in [3.8, 4) is 0 Å². The molecule has 0 aromatic heterocycles. The molecule has 0 unspecified atom stereocenters. The highest BCUT2D eigenvalue weighted by Crippen LogP contribution is 2.23. The van der Waals surface area contributed by atoms with Crippen molar-refractivity contribution >= 4 is 6.29 Å². The summed E-state index contributed by atoms with van der Waals surface area (Å²) in [4.78, 5) is 10.7. The third-order valence-corrected chi connectivity index (χ3v) is 2.75. The average Bonchev–Trinajstić information content (AvgIpc) is 2.17. The molecule has 0 aliphatic heterocycles. The third-order valence-electron chi connectivity index (χ3n) is 2.75. The van der Waals surface area contributed by atoms with E-state index in [1.807, 2.05) is 12.1 Å². The fourth-order valence-electron chi connectivity index (χ4n) is 1.92. The van der Waals surface area contributed by atoms with Crippen LogP contribution in [0.2, 0.25) is 0 Å². The molecule has 1 aliphatic rings. The lowest BCUT2D eigenvalue weighted by atomic mass is 9.81. The molecular formula is C11H13NO. The van der Waals surface area contributed by atoms with E-state index >= 15 is 0 Å². The number of fused-ring (bicyclic) bond motifs is 1. The average molecular weight is 175 g/mol. The van der Waals surface area contributed by atoms with Crippen LogP contribution in [0.5, 0.6) is 0 Å². The lowest BCUT2D eigenvalue weighted by Gasteiger charge is -2.26. The van der Waals surface area contributed by atoms with E-state index in [-0.39, 0.29) is 12.0 Å². The van der Waals surface area contributed by atoms with Crippen LogP contribution in [0.4, 0.5) is 0 Å². The molecule has 2 rings (SSSR count). The zero-order chi connectivity index (χ0) is 9.26. The molecule has 13 heavy (non-hydrogen) atoms. The first-order valence-electron chi connectivity index (χ1n) is 4.59. The predicted octanol–water partition coefficient (Wildman–Crippen LogP) is 0.928. The van der Waals surface area contributed by atoms with Crippen molar-refractivity contribution in [1.82, 2.24) is 0 Å². The Hall–Kier alpha value is -1.15. The topological polar surface area (TPSA) is 43.1 Å². The van der Waals surface area contributed by atoms with E-state index in [2.05, 4.69) is 12.1 Å². The first-order chi connectivity index (χ1) is 6.31. The van der Waals surface area contributed by atoms with Crippen molar-refractivity contribution in [2.75, 3.05) is 0 Å². The molecular weight excluding hydrogens is 162 g/mol. The Balaban J connectivity index is 2.32. The van der Waals surface area contributed by atoms with E-state index in [4.69, 9.17) is 5.73 Å². The Bertz CT molecular complexity index is 322. The number of hydrogen-bond donors (Lipinski definition) is 1. The smallest absolute Gasteiger partial charge is 0.124 e. The molecule has 0 saturated carbocycles. The summed E-state index contributed by atoms with van der Waals surface area (Å²) in [5.74, 6) is 0.00917. The number of hydrogen-bond acceptors (Lipinski definition) is 2. The summed E-state index contributed by atoms with van der Waals surface area (Å²) in [6.07, 6.45) is 2.63. The molecule has 1 aromatic rings. The molecule has 1 aliphatic carbocycles. The van der Waals surface area contributed by atoms with Crippen molar-refractivity contribution in [2.24, 2.45) is 11.7 Å². The summed E-state index contributed by atoms with van der Waals surface area (Å²) in [5, 5.41) is 0. The molecule has 0 heterocycles. The fourth-order valence-corrected chi connectivity index (χ4v) is 1.92. The fraction of sp³-hybridized carbons (Fsp3) is 0.364. The van der Waals surface area contributed by atoms with Crippen LogP contribution in [0.1, 0.15) is 11.1 Å². The van der Waals surface area contributed by atoms with Gasteiger partial charge < -0.3 is 10.5 Å². The standard InChI is InChI=1S/C11H13NO/c12-11-6-9-4-2-1-3-8(9)5-10(11)7-13/h1-4,7,10-11H,5-6,12H2/t10-,11+/m0/s1. The molecule has 68 valence electrons. The molecule has 0 amide bonds. The third kappa shape index (κ3) is 1.49. The molecule has 0 bridgehead atoms. The summed E-state index contributed by atoms with van der Waals surface area (Å²) in [6, 6.07) is 8.21. The second-order valence-electron chi connectivity index (χ2n) is 3.64. The Morgan fingerprint density at radius 2 is 1.85 bits per heavy atom. The predicted molar refractivity (Wildman–Crippen MR) is 51.4 cm³/mol. The Labute approximate surface area is 77.8 Å². The van der Waals surface area contributed by atoms with E-state index in [9.17, 15) is 4.79 Å². The number of rotatable bonds is 1. The highest BCUT2D eigenvalue weighted by atomic mass is 16.1. The summed E-state index contributed by atoms with van der Waals surface area (Å²) in [6.45, 7) is 0. The minimum absolute atomic E-state index is 0.00685. The van der Waals surface area contributed by atoms with Gasteiger partial charge in [0, 0.05) is 12.0 Å². The zero-order valence-corrected chi connectivity index (χ0v) is 7.44. The van der Waals surface area contributed by atoms with Crippen LogP contribution >= 0.6 is 0 Å². The maximum absolute atomic E-state index is 10.7. The van der Waals surface area contributed by atoms with Crippen LogP contribution in [0.25, 0.3) is 0 Å². The highest BCUT2D eigenvalue weighted by molar-refractivity contribution is 5.57. The number of carbonyl (C=O) groups is 1. The van der Waals surface area contributed by atoms with E-state index < -0.39 is 0 Å². The van der Waals surface area contributed by atoms with Crippen molar-refractivity contribution in [3.63, 3.8) is 0 Å². The first-order valence-corrected chi connectivity index (χ1v) is 4.59. The van der Waals surface area contributed by atoms with Gasteiger partial charge in [-0.05, 0) is 24.0 Å². The monoisotopic (exact) mass is 175 g/mol. The van der Waals surface area contributed by atoms with Crippen molar-refractivity contribution in [2.45, 2.75) is 18.9 Å². The van der Waals surface area contributed by atoms with Gasteiger partial charge >= 0.3 is 0 Å². The second-order valence-corrected chi connectivity index (χ2v) is 3.64. The molecule has 2 heteroatoms. The van der Waals surface area contributed by atoms with Crippen molar-refractivity contribution in [1.29, 1.82) is 0 Å². The molecule has 0 spiro atoms. The minimum atomic E-state index is 0.00685. The van der Waals surface area contributed by atoms with Gasteiger partial charge in [-0.25, -0.2) is 0 Å². The zero-order valence-electron chi connectivity index (χ0n) is 7.44. The SMILES string of the molecule is N[C@@H]1Cc2ccccc2C[C@H]1C=O. The van der Waals surface area contributed by atoms with Gasteiger partial charge in [-0.3, -0.25) is 0 Å². The van der Waals surface area contributed by atoms with Gasteiger partial charge in [-0.15, -0.1) is 0 Å². The minimum Gasteiger partial charge on any atom is -0.327 e. The Kier molecular flexibility index (Phi) is 2.15. The van der Waals surface area contributed by atoms with Crippen LogP contribution in [-0.4, -0.2) is 12.3 Å². The lowest BCUT2D eigenvalue weighted by Crippen LogP contribution is -2.38. The van der Waals surface area contributed by atoms with Gasteiger partial charge in [0.05, 0.1) is 0 Å². The molecule has 1 aromatic carbocycles. The molecule has 2 N–H and O–H groups in total. The maximum Gasteiger partial charge on any atom is 0.124 e. The quantitative estimate of drug-likeness (QED) is 0.645. The van der Waals surface area contributed by atoms with Gasteiger partial charge in [0.15, 0.2) is 0 Å². The van der Waals surface area contributed by atoms with Crippen molar-refractivity contribution in [3.05, 3.63) is 35.4 Å². The number of aldehydes is 1. The van der Waals surface area contributed by atoms with Gasteiger partial charge in [-0.1, -0.05) is 24.3 Å². The number of carbonyl (C=O) groups excluding carboxylic acids is 1. The summed E-state index contributed by atoms with van der Waals surface area (Å²) >= 11 is 0. The Morgan fingerprint density at radius 3 is 2.46 bits per heavy atom. The van der Waals surface area contributed by atoms with Crippen LogP contribution in [0.3, 0.4) is 0 Å². The van der Waals surface area contributed by atoms with Crippen molar-refractivity contribution < 1.29 is 4.79 Å².